The lowest BCUT2D eigenvalue weighted by molar-refractivity contribution is -0.136. The number of unbranched alkanes of at least 4 members (excludes halogenated alkanes) is 6. The number of anilines is 1. The van der Waals surface area contributed by atoms with Crippen molar-refractivity contribution >= 4 is 39.2 Å². The molecule has 3 aliphatic rings. The van der Waals surface area contributed by atoms with Gasteiger partial charge < -0.3 is 14.3 Å². The van der Waals surface area contributed by atoms with Crippen LogP contribution in [0.15, 0.2) is 113 Å². The van der Waals surface area contributed by atoms with Crippen LogP contribution in [0.3, 0.4) is 0 Å². The van der Waals surface area contributed by atoms with Crippen LogP contribution in [0.1, 0.15) is 96.5 Å². The quantitative estimate of drug-likeness (QED) is 0.0831. The molecule has 3 aromatic carbocycles. The smallest absolute Gasteiger partial charge is 0.345 e. The average molecular weight is 640 g/mol. The summed E-state index contributed by atoms with van der Waals surface area (Å²) in [6.45, 7) is 6.63. The minimum absolute atomic E-state index is 0.338. The van der Waals surface area contributed by atoms with E-state index in [1.807, 2.05) is 30.3 Å². The number of para-hydroxylation sites is 1. The van der Waals surface area contributed by atoms with Crippen LogP contribution < -0.4 is 4.90 Å². The molecule has 0 saturated carbocycles. The summed E-state index contributed by atoms with van der Waals surface area (Å²) < 4.78 is 2.54. The van der Waals surface area contributed by atoms with E-state index in [-0.39, 0.29) is 5.97 Å². The van der Waals surface area contributed by atoms with E-state index in [1.165, 1.54) is 90.1 Å². The van der Waals surface area contributed by atoms with Crippen LogP contribution in [-0.4, -0.2) is 22.8 Å². The number of fused-ring (bicyclic) bond motifs is 4. The van der Waals surface area contributed by atoms with Gasteiger partial charge in [-0.1, -0.05) is 112 Å². The van der Waals surface area contributed by atoms with E-state index >= 15 is 0 Å². The van der Waals surface area contributed by atoms with Gasteiger partial charge in [0.05, 0.1) is 5.57 Å². The topological polar surface area (TPSA) is 46.8 Å². The first-order chi connectivity index (χ1) is 23.7. The van der Waals surface area contributed by atoms with E-state index in [2.05, 4.69) is 83.1 Å². The average Bonchev–Trinajstić information content (AvgIpc) is 3.67. The Balaban J connectivity index is 1.25. The van der Waals surface area contributed by atoms with Crippen LogP contribution in [-0.2, 0) is 16.2 Å². The van der Waals surface area contributed by atoms with Crippen molar-refractivity contribution in [1.29, 1.82) is 0 Å². The maximum absolute atomic E-state index is 13.0. The lowest BCUT2D eigenvalue weighted by Gasteiger charge is -2.35. The highest BCUT2D eigenvalue weighted by Gasteiger charge is 2.33. The minimum atomic E-state index is -0.338. The molecule has 48 heavy (non-hydrogen) atoms. The van der Waals surface area contributed by atoms with Gasteiger partial charge in [0.15, 0.2) is 0 Å². The number of rotatable bonds is 13. The molecule has 0 radical (unpaired) electrons. The number of hydrogen-bond donors (Lipinski definition) is 0. The van der Waals surface area contributed by atoms with Gasteiger partial charge in [-0.05, 0) is 85.9 Å². The van der Waals surface area contributed by atoms with E-state index in [0.717, 1.165) is 49.9 Å². The Labute approximate surface area is 285 Å². The maximum atomic E-state index is 13.0. The molecule has 0 bridgehead atoms. The Kier molecular flexibility index (Phi) is 9.92. The molecule has 7 rings (SSSR count). The summed E-state index contributed by atoms with van der Waals surface area (Å²) >= 11 is 0. The highest BCUT2D eigenvalue weighted by atomic mass is 16.7. The molecular weight excluding hydrogens is 590 g/mol. The lowest BCUT2D eigenvalue weighted by Crippen LogP contribution is -2.27. The van der Waals surface area contributed by atoms with Crippen molar-refractivity contribution < 1.29 is 9.63 Å². The van der Waals surface area contributed by atoms with Crippen LogP contribution in [0.4, 0.5) is 5.69 Å². The largest absolute Gasteiger partial charge is 0.368 e. The second-order valence-electron chi connectivity index (χ2n) is 13.8. The van der Waals surface area contributed by atoms with Crippen LogP contribution in [0.25, 0.3) is 21.8 Å². The number of benzene rings is 3. The second-order valence-corrected chi connectivity index (χ2v) is 13.8. The molecule has 0 spiro atoms. The van der Waals surface area contributed by atoms with Crippen LogP contribution in [0.2, 0.25) is 0 Å². The van der Waals surface area contributed by atoms with E-state index < -0.39 is 0 Å². The summed E-state index contributed by atoms with van der Waals surface area (Å²) in [5.74, 6) is 0.178. The second kappa shape index (κ2) is 14.8. The molecule has 1 unspecified atom stereocenters. The number of nitrogens with zero attached hydrogens (tertiary/aromatic N) is 3. The van der Waals surface area contributed by atoms with Crippen molar-refractivity contribution in [3.8, 4) is 0 Å². The van der Waals surface area contributed by atoms with Gasteiger partial charge in [-0.25, -0.2) is 4.79 Å². The Morgan fingerprint density at radius 2 is 1.54 bits per heavy atom. The van der Waals surface area contributed by atoms with E-state index in [1.54, 1.807) is 0 Å². The molecule has 0 saturated heterocycles. The van der Waals surface area contributed by atoms with Crippen LogP contribution in [0, 0.1) is 5.92 Å². The Bertz CT molecular complexity index is 1910. The fraction of sp³-hybridized carbons (Fsp3) is 0.395. The van der Waals surface area contributed by atoms with Crippen LogP contribution in [0.5, 0.6) is 0 Å². The predicted octanol–water partition coefficient (Wildman–Crippen LogP) is 11.0. The first-order valence-electron chi connectivity index (χ1n) is 18.4. The normalized spacial score (nSPS) is 19.2. The highest BCUT2D eigenvalue weighted by molar-refractivity contribution is 6.29. The van der Waals surface area contributed by atoms with Crippen LogP contribution >= 0.6 is 0 Å². The molecule has 5 nitrogen and oxygen atoms in total. The molecule has 1 atom stereocenters. The number of carbonyl (C=O) groups is 1. The molecule has 0 amide bonds. The molecule has 1 aliphatic heterocycles. The fourth-order valence-electron chi connectivity index (χ4n) is 7.99. The first kappa shape index (κ1) is 32.2. The Hall–Kier alpha value is -4.38. The molecule has 2 aliphatic carbocycles. The first-order valence-corrected chi connectivity index (χ1v) is 18.4. The number of hydrogen-bond acceptors (Lipinski definition) is 4. The summed E-state index contributed by atoms with van der Waals surface area (Å²) in [6, 6.07) is 26.0. The number of carbonyl (C=O) groups excluding carboxylic acids is 1. The Morgan fingerprint density at radius 1 is 0.792 bits per heavy atom. The fourth-order valence-corrected chi connectivity index (χ4v) is 7.99. The minimum Gasteiger partial charge on any atom is -0.345 e. The summed E-state index contributed by atoms with van der Waals surface area (Å²) in [4.78, 5) is 20.8. The SMILES string of the molecule is CCCCCCN(C1=CC2=C/C(=C3/C(=O)ON=C3c3ccccc3)CCC2CC1)c1ccc2c(c1)c1ccccc1n2CCCCCC. The van der Waals surface area contributed by atoms with Crippen molar-refractivity contribution in [1.82, 2.24) is 4.57 Å². The monoisotopic (exact) mass is 639 g/mol. The van der Waals surface area contributed by atoms with Gasteiger partial charge in [-0.2, -0.15) is 0 Å². The van der Waals surface area contributed by atoms with Crippen molar-refractivity contribution in [2.75, 3.05) is 11.4 Å². The van der Waals surface area contributed by atoms with Gasteiger partial charge in [-0.3, -0.25) is 0 Å². The standard InChI is InChI=1S/C43H49N3O2/c1-3-5-7-14-26-45(36-24-25-40-38(30-36)37-18-12-13-19-39(37)46(40)27-15-8-6-4-2)35-23-22-31-20-21-33(28-34(31)29-35)41-42(44-48-43(41)47)32-16-10-9-11-17-32/h9-13,16-19,24-25,28-31H,3-8,14-15,20-23,26-27H2,1-2H3/b41-33+. The van der Waals surface area contributed by atoms with E-state index in [9.17, 15) is 4.79 Å². The van der Waals surface area contributed by atoms with Gasteiger partial charge in [-0.15, -0.1) is 0 Å². The van der Waals surface area contributed by atoms with Gasteiger partial charge in [0.2, 0.25) is 0 Å². The van der Waals surface area contributed by atoms with Crippen molar-refractivity contribution in [3.05, 3.63) is 113 Å². The van der Waals surface area contributed by atoms with Crippen molar-refractivity contribution in [3.63, 3.8) is 0 Å². The summed E-state index contributed by atoms with van der Waals surface area (Å²) in [5.41, 5.74) is 9.92. The van der Waals surface area contributed by atoms with Gasteiger partial charge in [0, 0.05) is 51.8 Å². The lowest BCUT2D eigenvalue weighted by atomic mass is 9.77. The van der Waals surface area contributed by atoms with Crippen molar-refractivity contribution in [2.24, 2.45) is 11.1 Å². The molecular formula is C43H49N3O2. The van der Waals surface area contributed by atoms with Gasteiger partial charge in [0.1, 0.15) is 5.71 Å². The number of allylic oxidation sites excluding steroid dienone is 5. The zero-order chi connectivity index (χ0) is 32.9. The summed E-state index contributed by atoms with van der Waals surface area (Å²) in [5, 5.41) is 6.90. The maximum Gasteiger partial charge on any atom is 0.368 e. The third-order valence-electron chi connectivity index (χ3n) is 10.6. The molecule has 248 valence electrons. The molecule has 5 heteroatoms. The number of aryl methyl sites for hydroxylation is 1. The summed E-state index contributed by atoms with van der Waals surface area (Å²) in [7, 11) is 0. The molecule has 2 heterocycles. The molecule has 4 aromatic rings. The third-order valence-corrected chi connectivity index (χ3v) is 10.6. The van der Waals surface area contributed by atoms with Crippen molar-refractivity contribution in [2.45, 2.75) is 97.4 Å². The van der Waals surface area contributed by atoms with E-state index in [4.69, 9.17) is 4.84 Å². The molecule has 0 N–H and O–H groups in total. The summed E-state index contributed by atoms with van der Waals surface area (Å²) in [6.07, 6.45) is 18.8. The highest BCUT2D eigenvalue weighted by Crippen LogP contribution is 2.42. The molecule has 0 fully saturated rings. The van der Waals surface area contributed by atoms with E-state index in [0.29, 0.717) is 17.2 Å². The Morgan fingerprint density at radius 3 is 2.38 bits per heavy atom. The predicted molar refractivity (Wildman–Crippen MR) is 199 cm³/mol. The third kappa shape index (κ3) is 6.52. The molecule has 1 aromatic heterocycles. The van der Waals surface area contributed by atoms with Gasteiger partial charge >= 0.3 is 5.97 Å². The zero-order valence-electron chi connectivity index (χ0n) is 28.7. The zero-order valence-corrected chi connectivity index (χ0v) is 28.7. The van der Waals surface area contributed by atoms with Gasteiger partial charge in [0.25, 0.3) is 0 Å². The number of oxime groups is 1. The number of aromatic nitrogens is 1.